The summed E-state index contributed by atoms with van der Waals surface area (Å²) in [5.41, 5.74) is 3.19. The molecule has 0 radical (unpaired) electrons. The molecule has 0 amide bonds. The fourth-order valence-electron chi connectivity index (χ4n) is 2.92. The highest BCUT2D eigenvalue weighted by atomic mass is 16.5. The van der Waals surface area contributed by atoms with Crippen molar-refractivity contribution < 1.29 is 13.9 Å². The number of aryl methyl sites for hydroxylation is 1. The van der Waals surface area contributed by atoms with Crippen molar-refractivity contribution in [2.24, 2.45) is 0 Å². The molecular formula is C21H17NO3. The number of hydrogen-bond donors (Lipinski definition) is 0. The van der Waals surface area contributed by atoms with Crippen molar-refractivity contribution in [3.05, 3.63) is 83.1 Å². The maximum absolute atomic E-state index is 12.2. The number of nitrogens with zero attached hydrogens (tertiary/aromatic N) is 1. The van der Waals surface area contributed by atoms with Crippen molar-refractivity contribution >= 4 is 18.1 Å². The van der Waals surface area contributed by atoms with Crippen LogP contribution in [-0.4, -0.2) is 11.0 Å². The molecule has 0 bridgehead atoms. The van der Waals surface area contributed by atoms with Crippen LogP contribution in [0.2, 0.25) is 0 Å². The quantitative estimate of drug-likeness (QED) is 0.523. The Morgan fingerprint density at radius 2 is 1.88 bits per heavy atom. The van der Waals surface area contributed by atoms with E-state index < -0.39 is 5.92 Å². The zero-order valence-electron chi connectivity index (χ0n) is 13.8. The maximum atomic E-state index is 12.2. The summed E-state index contributed by atoms with van der Waals surface area (Å²) >= 11 is 0. The Bertz CT molecular complexity index is 938. The monoisotopic (exact) mass is 331 g/mol. The van der Waals surface area contributed by atoms with Crippen LogP contribution in [-0.2, 0) is 11.2 Å². The summed E-state index contributed by atoms with van der Waals surface area (Å²) in [6.07, 6.45) is 6.35. The topological polar surface area (TPSA) is 52.3 Å². The Morgan fingerprint density at radius 1 is 1.08 bits per heavy atom. The number of hydrogen-bond acceptors (Lipinski definition) is 4. The lowest BCUT2D eigenvalue weighted by atomic mass is 9.99. The second-order valence-corrected chi connectivity index (χ2v) is 5.92. The van der Waals surface area contributed by atoms with Gasteiger partial charge >= 0.3 is 5.97 Å². The molecule has 1 atom stereocenters. The standard InChI is InChI=1S/C21H17NO3/c1-2-14-7-9-15(10-8-14)11-12-19-22-13-18(24-19)20-16-5-3-4-6-17(16)25-21(20)23/h3-13,20H,2H2,1H3/b12-11+. The summed E-state index contributed by atoms with van der Waals surface area (Å²) in [7, 11) is 0. The van der Waals surface area contributed by atoms with Gasteiger partial charge in [0.2, 0.25) is 5.89 Å². The van der Waals surface area contributed by atoms with E-state index in [0.717, 1.165) is 17.5 Å². The summed E-state index contributed by atoms with van der Waals surface area (Å²) < 4.78 is 11.1. The number of oxazole rings is 1. The predicted octanol–water partition coefficient (Wildman–Crippen LogP) is 4.46. The molecule has 0 saturated heterocycles. The van der Waals surface area contributed by atoms with Crippen LogP contribution in [0.15, 0.2) is 59.1 Å². The Labute approximate surface area is 145 Å². The van der Waals surface area contributed by atoms with E-state index in [2.05, 4.69) is 36.2 Å². The molecule has 1 aliphatic heterocycles. The van der Waals surface area contributed by atoms with Crippen molar-refractivity contribution in [3.63, 3.8) is 0 Å². The van der Waals surface area contributed by atoms with E-state index in [1.807, 2.05) is 24.3 Å². The number of carbonyl (C=O) groups excluding carboxylic acids is 1. The van der Waals surface area contributed by atoms with Gasteiger partial charge in [-0.3, -0.25) is 4.79 Å². The average molecular weight is 331 g/mol. The highest BCUT2D eigenvalue weighted by molar-refractivity contribution is 5.88. The number of rotatable bonds is 4. The van der Waals surface area contributed by atoms with E-state index in [1.165, 1.54) is 5.56 Å². The molecule has 0 aliphatic carbocycles. The number of carbonyl (C=O) groups is 1. The summed E-state index contributed by atoms with van der Waals surface area (Å²) in [5.74, 6) is 0.669. The van der Waals surface area contributed by atoms with Gasteiger partial charge in [-0.2, -0.15) is 0 Å². The third-order valence-electron chi connectivity index (χ3n) is 4.31. The third kappa shape index (κ3) is 2.98. The van der Waals surface area contributed by atoms with Crippen LogP contribution in [0.3, 0.4) is 0 Å². The van der Waals surface area contributed by atoms with Crippen molar-refractivity contribution in [2.45, 2.75) is 19.3 Å². The second kappa shape index (κ2) is 6.40. The summed E-state index contributed by atoms with van der Waals surface area (Å²) in [5, 5.41) is 0. The molecule has 1 aromatic heterocycles. The minimum Gasteiger partial charge on any atom is -0.441 e. The lowest BCUT2D eigenvalue weighted by Gasteiger charge is -2.01. The lowest BCUT2D eigenvalue weighted by molar-refractivity contribution is -0.133. The van der Waals surface area contributed by atoms with E-state index in [1.54, 1.807) is 18.3 Å². The summed E-state index contributed by atoms with van der Waals surface area (Å²) in [6.45, 7) is 2.13. The highest BCUT2D eigenvalue weighted by Crippen LogP contribution is 2.39. The Morgan fingerprint density at radius 3 is 2.68 bits per heavy atom. The van der Waals surface area contributed by atoms with E-state index in [4.69, 9.17) is 9.15 Å². The first-order valence-electron chi connectivity index (χ1n) is 8.28. The molecule has 0 spiro atoms. The molecule has 4 rings (SSSR count). The number of benzene rings is 2. The van der Waals surface area contributed by atoms with Crippen LogP contribution in [0, 0.1) is 0 Å². The maximum Gasteiger partial charge on any atom is 0.326 e. The lowest BCUT2D eigenvalue weighted by Crippen LogP contribution is -2.10. The SMILES string of the molecule is CCc1ccc(/C=C/c2ncc(C3C(=O)Oc4ccccc43)o2)cc1. The van der Waals surface area contributed by atoms with Crippen molar-refractivity contribution in [2.75, 3.05) is 0 Å². The minimum atomic E-state index is -0.547. The van der Waals surface area contributed by atoms with Gasteiger partial charge in [-0.25, -0.2) is 4.98 Å². The zero-order chi connectivity index (χ0) is 17.2. The molecular weight excluding hydrogens is 314 g/mol. The average Bonchev–Trinajstić information content (AvgIpc) is 3.23. The van der Waals surface area contributed by atoms with Gasteiger partial charge in [0.1, 0.15) is 17.4 Å². The number of ether oxygens (including phenoxy) is 1. The van der Waals surface area contributed by atoms with Gasteiger partial charge in [0.05, 0.1) is 6.20 Å². The minimum absolute atomic E-state index is 0.331. The second-order valence-electron chi connectivity index (χ2n) is 5.92. The molecule has 4 nitrogen and oxygen atoms in total. The van der Waals surface area contributed by atoms with Crippen LogP contribution in [0.25, 0.3) is 12.2 Å². The molecule has 25 heavy (non-hydrogen) atoms. The van der Waals surface area contributed by atoms with E-state index >= 15 is 0 Å². The van der Waals surface area contributed by atoms with Crippen molar-refractivity contribution in [1.29, 1.82) is 0 Å². The van der Waals surface area contributed by atoms with E-state index in [-0.39, 0.29) is 5.97 Å². The third-order valence-corrected chi connectivity index (χ3v) is 4.31. The first-order valence-corrected chi connectivity index (χ1v) is 8.28. The number of fused-ring (bicyclic) bond motifs is 1. The van der Waals surface area contributed by atoms with Gasteiger partial charge < -0.3 is 9.15 Å². The molecule has 4 heteroatoms. The first-order chi connectivity index (χ1) is 12.2. The van der Waals surface area contributed by atoms with Gasteiger partial charge in [-0.15, -0.1) is 0 Å². The number of para-hydroxylation sites is 1. The highest BCUT2D eigenvalue weighted by Gasteiger charge is 2.36. The Balaban J connectivity index is 1.56. The largest absolute Gasteiger partial charge is 0.441 e. The fourth-order valence-corrected chi connectivity index (χ4v) is 2.92. The van der Waals surface area contributed by atoms with Crippen LogP contribution >= 0.6 is 0 Å². The van der Waals surface area contributed by atoms with Crippen LogP contribution in [0.5, 0.6) is 5.75 Å². The van der Waals surface area contributed by atoms with Gasteiger partial charge in [0, 0.05) is 11.6 Å². The van der Waals surface area contributed by atoms with Gasteiger partial charge in [-0.1, -0.05) is 49.4 Å². The van der Waals surface area contributed by atoms with Crippen LogP contribution in [0.1, 0.15) is 41.2 Å². The van der Waals surface area contributed by atoms with Gasteiger partial charge in [0.15, 0.2) is 0 Å². The molecule has 2 aromatic carbocycles. The Hall–Kier alpha value is -3.14. The first kappa shape index (κ1) is 15.4. The summed E-state index contributed by atoms with van der Waals surface area (Å²) in [6, 6.07) is 15.7. The van der Waals surface area contributed by atoms with Crippen LogP contribution < -0.4 is 4.74 Å². The zero-order valence-corrected chi connectivity index (χ0v) is 13.8. The number of esters is 1. The predicted molar refractivity (Wildman–Crippen MR) is 95.2 cm³/mol. The van der Waals surface area contributed by atoms with Crippen molar-refractivity contribution in [3.8, 4) is 5.75 Å². The normalized spacial score (nSPS) is 16.2. The smallest absolute Gasteiger partial charge is 0.326 e. The molecule has 0 fully saturated rings. The molecule has 124 valence electrons. The molecule has 0 N–H and O–H groups in total. The molecule has 2 heterocycles. The molecule has 0 saturated carbocycles. The van der Waals surface area contributed by atoms with Gasteiger partial charge in [0.25, 0.3) is 0 Å². The fraction of sp³-hybridized carbons (Fsp3) is 0.143. The van der Waals surface area contributed by atoms with Crippen molar-refractivity contribution in [1.82, 2.24) is 4.98 Å². The number of aromatic nitrogens is 1. The van der Waals surface area contributed by atoms with Crippen LogP contribution in [0.4, 0.5) is 0 Å². The Kier molecular flexibility index (Phi) is 3.94. The van der Waals surface area contributed by atoms with E-state index in [0.29, 0.717) is 17.4 Å². The van der Waals surface area contributed by atoms with E-state index in [9.17, 15) is 4.79 Å². The molecule has 1 aliphatic rings. The summed E-state index contributed by atoms with van der Waals surface area (Å²) in [4.78, 5) is 16.4. The molecule has 3 aromatic rings. The molecule has 1 unspecified atom stereocenters. The van der Waals surface area contributed by atoms with Gasteiger partial charge in [-0.05, 0) is 29.7 Å².